The molecule has 0 heterocycles. The lowest BCUT2D eigenvalue weighted by molar-refractivity contribution is -0.121. The first-order valence-electron chi connectivity index (χ1n) is 11.8. The van der Waals surface area contributed by atoms with E-state index >= 15 is 0 Å². The van der Waals surface area contributed by atoms with Crippen molar-refractivity contribution in [2.45, 2.75) is 76.9 Å². The molecule has 0 radical (unpaired) electrons. The number of sulfonamides is 1. The molecule has 2 aliphatic rings. The molecule has 1 amide bonds. The molecule has 0 aliphatic heterocycles. The van der Waals surface area contributed by atoms with Crippen LogP contribution < -0.4 is 9.46 Å². The first kappa shape index (κ1) is 25.0. The number of benzene rings is 1. The molecule has 1 fully saturated rings. The van der Waals surface area contributed by atoms with Crippen LogP contribution >= 0.6 is 0 Å². The second-order valence-corrected chi connectivity index (χ2v) is 11.3. The highest BCUT2D eigenvalue weighted by molar-refractivity contribution is 7.89. The fourth-order valence-corrected chi connectivity index (χ4v) is 5.95. The van der Waals surface area contributed by atoms with E-state index in [0.717, 1.165) is 75.2 Å². The maximum absolute atomic E-state index is 11.8. The van der Waals surface area contributed by atoms with Crippen LogP contribution in [0.2, 0.25) is 0 Å². The fraction of sp³-hybridized carbons (Fsp3) is 0.708. The van der Waals surface area contributed by atoms with E-state index in [1.165, 1.54) is 0 Å². The number of nitrogens with one attached hydrogen (secondary N) is 1. The van der Waals surface area contributed by atoms with E-state index in [4.69, 9.17) is 4.74 Å². The number of rotatable bonds is 11. The minimum Gasteiger partial charge on any atom is -0.483 e. The Hall–Kier alpha value is -1.64. The van der Waals surface area contributed by atoms with Crippen LogP contribution in [0.25, 0.3) is 0 Å². The zero-order valence-electron chi connectivity index (χ0n) is 19.1. The third-order valence-electron chi connectivity index (χ3n) is 6.98. The Morgan fingerprint density at radius 3 is 2.75 bits per heavy atom. The number of carbonyl (C=O) groups excluding carboxylic acids is 1. The minimum atomic E-state index is -3.61. The maximum Gasteiger partial charge on any atom is 0.271 e. The minimum absolute atomic E-state index is 0.194. The van der Waals surface area contributed by atoms with Gasteiger partial charge in [0.1, 0.15) is 5.75 Å². The fourth-order valence-electron chi connectivity index (χ4n) is 5.48. The molecule has 8 heteroatoms. The van der Waals surface area contributed by atoms with E-state index in [0.29, 0.717) is 17.6 Å². The molecule has 3 N–H and O–H groups in total. The Balaban J connectivity index is 1.61. The smallest absolute Gasteiger partial charge is 0.271 e. The van der Waals surface area contributed by atoms with Crippen LogP contribution in [0.3, 0.4) is 0 Å². The zero-order chi connectivity index (χ0) is 23.3. The number of carbonyl (C=O) groups is 1. The average Bonchev–Trinajstić information content (AvgIpc) is 3.02. The van der Waals surface area contributed by atoms with E-state index < -0.39 is 15.9 Å². The molecule has 1 aromatic rings. The third kappa shape index (κ3) is 6.68. The standard InChI is InChI=1S/C24H37NO6S/c1-3-4-5-8-18(26)10-11-19-20-12-16-7-6-9-23(21(16)13-17(20)14-22(19)27)31-15-24(28)25-32(2,29)30/h6-7,9,17-20,22,26-27H,3-5,8,10-15H2,1-2H3,(H,25,28)/t17-,18-,19+,20-,22+/m0/s1. The number of fused-ring (bicyclic) bond motifs is 2. The van der Waals surface area contributed by atoms with Crippen LogP contribution in [-0.4, -0.2) is 49.6 Å². The van der Waals surface area contributed by atoms with Crippen molar-refractivity contribution in [1.82, 2.24) is 4.72 Å². The van der Waals surface area contributed by atoms with Crippen LogP contribution in [0, 0.1) is 17.8 Å². The molecular formula is C24H37NO6S. The van der Waals surface area contributed by atoms with Gasteiger partial charge in [0.15, 0.2) is 6.61 Å². The summed E-state index contributed by atoms with van der Waals surface area (Å²) in [6, 6.07) is 5.76. The van der Waals surface area contributed by atoms with Gasteiger partial charge in [0.2, 0.25) is 10.0 Å². The van der Waals surface area contributed by atoms with E-state index in [9.17, 15) is 23.4 Å². The van der Waals surface area contributed by atoms with Crippen LogP contribution in [0.1, 0.15) is 63.0 Å². The van der Waals surface area contributed by atoms with E-state index in [-0.39, 0.29) is 24.7 Å². The summed E-state index contributed by atoms with van der Waals surface area (Å²) in [5.74, 6) is 0.819. The third-order valence-corrected chi connectivity index (χ3v) is 7.58. The number of amides is 1. The van der Waals surface area contributed by atoms with Gasteiger partial charge in [-0.3, -0.25) is 9.52 Å². The van der Waals surface area contributed by atoms with Gasteiger partial charge in [0, 0.05) is 0 Å². The highest BCUT2D eigenvalue weighted by Gasteiger charge is 2.44. The lowest BCUT2D eigenvalue weighted by Crippen LogP contribution is -2.33. The van der Waals surface area contributed by atoms with E-state index in [1.807, 2.05) is 16.9 Å². The topological polar surface area (TPSA) is 113 Å². The molecule has 0 bridgehead atoms. The summed E-state index contributed by atoms with van der Waals surface area (Å²) in [6.07, 6.45) is 8.40. The molecular weight excluding hydrogens is 430 g/mol. The largest absolute Gasteiger partial charge is 0.483 e. The number of ether oxygens (including phenoxy) is 1. The molecule has 1 aromatic carbocycles. The first-order chi connectivity index (χ1) is 15.2. The number of aliphatic hydroxyl groups excluding tert-OH is 2. The van der Waals surface area contributed by atoms with Crippen molar-refractivity contribution < 1.29 is 28.2 Å². The van der Waals surface area contributed by atoms with Crippen molar-refractivity contribution in [3.05, 3.63) is 29.3 Å². The zero-order valence-corrected chi connectivity index (χ0v) is 19.9. The Morgan fingerprint density at radius 2 is 2.03 bits per heavy atom. The SMILES string of the molecule is CCCCC[C@H](O)CC[C@@H]1[C@H]2Cc3cccc(OCC(=O)NS(C)(=O)=O)c3C[C@H]2C[C@H]1O. The van der Waals surface area contributed by atoms with Crippen molar-refractivity contribution in [2.24, 2.45) is 17.8 Å². The van der Waals surface area contributed by atoms with Crippen LogP contribution in [0.4, 0.5) is 0 Å². The predicted molar refractivity (Wildman–Crippen MR) is 123 cm³/mol. The summed E-state index contributed by atoms with van der Waals surface area (Å²) >= 11 is 0. The van der Waals surface area contributed by atoms with Crippen LogP contribution in [0.5, 0.6) is 5.75 Å². The Labute approximate surface area is 191 Å². The molecule has 0 spiro atoms. The maximum atomic E-state index is 11.8. The average molecular weight is 468 g/mol. The summed E-state index contributed by atoms with van der Waals surface area (Å²) < 4.78 is 30.0. The molecule has 0 saturated heterocycles. The highest BCUT2D eigenvalue weighted by atomic mass is 32.2. The Bertz CT molecular complexity index is 886. The number of hydrogen-bond acceptors (Lipinski definition) is 6. The van der Waals surface area contributed by atoms with Gasteiger partial charge >= 0.3 is 0 Å². The van der Waals surface area contributed by atoms with Gasteiger partial charge in [-0.2, -0.15) is 0 Å². The van der Waals surface area contributed by atoms with Crippen LogP contribution in [-0.2, 0) is 27.7 Å². The van der Waals surface area contributed by atoms with Gasteiger partial charge in [-0.05, 0) is 73.5 Å². The number of hydrogen-bond donors (Lipinski definition) is 3. The van der Waals surface area contributed by atoms with Gasteiger partial charge in [0.05, 0.1) is 18.5 Å². The summed E-state index contributed by atoms with van der Waals surface area (Å²) in [6.45, 7) is 1.79. The molecule has 1 saturated carbocycles. The first-order valence-corrected chi connectivity index (χ1v) is 13.7. The van der Waals surface area contributed by atoms with Crippen LogP contribution in [0.15, 0.2) is 18.2 Å². The number of unbranched alkanes of at least 4 members (excludes halogenated alkanes) is 2. The van der Waals surface area contributed by atoms with E-state index in [2.05, 4.69) is 13.0 Å². The molecule has 2 aliphatic carbocycles. The van der Waals surface area contributed by atoms with Crippen molar-refractivity contribution in [3.8, 4) is 5.75 Å². The predicted octanol–water partition coefficient (Wildman–Crippen LogP) is 2.57. The molecule has 0 aromatic heterocycles. The highest BCUT2D eigenvalue weighted by Crippen LogP contribution is 2.48. The number of aliphatic hydroxyl groups is 2. The molecule has 7 nitrogen and oxygen atoms in total. The monoisotopic (exact) mass is 467 g/mol. The van der Waals surface area contributed by atoms with Gasteiger partial charge < -0.3 is 14.9 Å². The summed E-state index contributed by atoms with van der Waals surface area (Å²) in [5, 5.41) is 21.1. The Kier molecular flexibility index (Phi) is 8.58. The lowest BCUT2D eigenvalue weighted by atomic mass is 9.73. The second kappa shape index (κ2) is 11.0. The lowest BCUT2D eigenvalue weighted by Gasteiger charge is -2.32. The molecule has 5 atom stereocenters. The van der Waals surface area contributed by atoms with E-state index in [1.54, 1.807) is 0 Å². The summed E-state index contributed by atoms with van der Waals surface area (Å²) in [4.78, 5) is 11.8. The van der Waals surface area contributed by atoms with Gasteiger partial charge in [0.25, 0.3) is 5.91 Å². The molecule has 180 valence electrons. The van der Waals surface area contributed by atoms with Crippen molar-refractivity contribution >= 4 is 15.9 Å². The van der Waals surface area contributed by atoms with Gasteiger partial charge in [-0.1, -0.05) is 38.3 Å². The molecule has 32 heavy (non-hydrogen) atoms. The normalized spacial score (nSPS) is 25.6. The quantitative estimate of drug-likeness (QED) is 0.431. The summed E-state index contributed by atoms with van der Waals surface area (Å²) in [5.41, 5.74) is 2.21. The van der Waals surface area contributed by atoms with Crippen molar-refractivity contribution in [2.75, 3.05) is 12.9 Å². The second-order valence-electron chi connectivity index (χ2n) is 9.51. The van der Waals surface area contributed by atoms with Crippen molar-refractivity contribution in [1.29, 1.82) is 0 Å². The van der Waals surface area contributed by atoms with Gasteiger partial charge in [-0.25, -0.2) is 8.42 Å². The molecule has 0 unspecified atom stereocenters. The summed E-state index contributed by atoms with van der Waals surface area (Å²) in [7, 11) is -3.61. The Morgan fingerprint density at radius 1 is 1.25 bits per heavy atom. The van der Waals surface area contributed by atoms with Gasteiger partial charge in [-0.15, -0.1) is 0 Å². The molecule has 3 rings (SSSR count). The van der Waals surface area contributed by atoms with Crippen molar-refractivity contribution in [3.63, 3.8) is 0 Å².